The molecule has 0 unspecified atom stereocenters. The van der Waals surface area contributed by atoms with E-state index in [4.69, 9.17) is 24.4 Å². The zero-order chi connectivity index (χ0) is 25.3. The Morgan fingerprint density at radius 1 is 0.714 bits per heavy atom. The van der Waals surface area contributed by atoms with Crippen molar-refractivity contribution in [2.75, 3.05) is 13.2 Å². The molecular formula is C28H36O7. The molecule has 2 rings (SSSR count). The Kier molecular flexibility index (Phi) is 13.0. The standard InChI is InChI=1S/C28H36O7/c1-2-22-11-13-23(14-12-22)20-33-21-24-17-25(34-15-7-3-5-9-27(29)30)19-26(18-24)35-16-8-4-6-10-28(31)32/h2,11-14,17-19H,1,3-10,15-16,20-21H2,(H,29,30)(H,31,32). The summed E-state index contributed by atoms with van der Waals surface area (Å²) >= 11 is 0. The molecule has 7 heteroatoms. The molecular weight excluding hydrogens is 448 g/mol. The predicted molar refractivity (Wildman–Crippen MR) is 135 cm³/mol. The first-order valence-corrected chi connectivity index (χ1v) is 12.1. The Morgan fingerprint density at radius 3 is 1.71 bits per heavy atom. The van der Waals surface area contributed by atoms with Crippen molar-refractivity contribution in [3.63, 3.8) is 0 Å². The molecule has 7 nitrogen and oxygen atoms in total. The summed E-state index contributed by atoms with van der Waals surface area (Å²) in [5.41, 5.74) is 3.06. The first-order chi connectivity index (χ1) is 17.0. The van der Waals surface area contributed by atoms with Crippen molar-refractivity contribution in [2.45, 2.75) is 64.6 Å². The first-order valence-electron chi connectivity index (χ1n) is 12.1. The van der Waals surface area contributed by atoms with Gasteiger partial charge in [-0.1, -0.05) is 36.9 Å². The van der Waals surface area contributed by atoms with Gasteiger partial charge in [0.1, 0.15) is 11.5 Å². The molecule has 2 aromatic rings. The number of hydrogen-bond acceptors (Lipinski definition) is 5. The normalized spacial score (nSPS) is 10.6. The van der Waals surface area contributed by atoms with Crippen molar-refractivity contribution in [1.29, 1.82) is 0 Å². The summed E-state index contributed by atoms with van der Waals surface area (Å²) in [6.07, 6.45) is 6.55. The lowest BCUT2D eigenvalue weighted by molar-refractivity contribution is -0.138. The highest BCUT2D eigenvalue weighted by Gasteiger charge is 2.06. The highest BCUT2D eigenvalue weighted by Crippen LogP contribution is 2.25. The van der Waals surface area contributed by atoms with Gasteiger partial charge in [0.2, 0.25) is 0 Å². The van der Waals surface area contributed by atoms with Crippen LogP contribution >= 0.6 is 0 Å². The summed E-state index contributed by atoms with van der Waals surface area (Å²) in [6.45, 7) is 5.63. The van der Waals surface area contributed by atoms with Crippen LogP contribution in [0.3, 0.4) is 0 Å². The monoisotopic (exact) mass is 484 g/mol. The van der Waals surface area contributed by atoms with Crippen LogP contribution in [-0.2, 0) is 27.5 Å². The predicted octanol–water partition coefficient (Wildman–Crippen LogP) is 6.09. The van der Waals surface area contributed by atoms with E-state index in [1.54, 1.807) is 6.08 Å². The molecule has 2 aromatic carbocycles. The maximum atomic E-state index is 10.6. The summed E-state index contributed by atoms with van der Waals surface area (Å²) in [5.74, 6) is -0.193. The Hall–Kier alpha value is -3.32. The maximum Gasteiger partial charge on any atom is 0.303 e. The molecule has 0 heterocycles. The second-order valence-electron chi connectivity index (χ2n) is 8.36. The minimum absolute atomic E-state index is 0.174. The third-order valence-electron chi connectivity index (χ3n) is 5.30. The molecule has 0 amide bonds. The number of rotatable bonds is 19. The van der Waals surface area contributed by atoms with E-state index in [0.29, 0.717) is 50.8 Å². The number of unbranched alkanes of at least 4 members (excludes halogenated alkanes) is 4. The highest BCUT2D eigenvalue weighted by atomic mass is 16.5. The van der Waals surface area contributed by atoms with Gasteiger partial charge < -0.3 is 24.4 Å². The number of benzene rings is 2. The smallest absolute Gasteiger partial charge is 0.303 e. The first kappa shape index (κ1) is 27.9. The lowest BCUT2D eigenvalue weighted by Gasteiger charge is -2.13. The van der Waals surface area contributed by atoms with Gasteiger partial charge in [-0.3, -0.25) is 9.59 Å². The van der Waals surface area contributed by atoms with Crippen LogP contribution in [-0.4, -0.2) is 35.4 Å². The van der Waals surface area contributed by atoms with Gasteiger partial charge in [-0.05, 0) is 67.3 Å². The minimum atomic E-state index is -0.778. The fraction of sp³-hybridized carbons (Fsp3) is 0.429. The summed E-state index contributed by atoms with van der Waals surface area (Å²) in [4.78, 5) is 21.2. The van der Waals surface area contributed by atoms with Crippen LogP contribution < -0.4 is 9.47 Å². The molecule has 0 atom stereocenters. The topological polar surface area (TPSA) is 102 Å². The Balaban J connectivity index is 1.88. The Labute approximate surface area is 207 Å². The van der Waals surface area contributed by atoms with Crippen molar-refractivity contribution in [1.82, 2.24) is 0 Å². The van der Waals surface area contributed by atoms with E-state index in [-0.39, 0.29) is 12.8 Å². The van der Waals surface area contributed by atoms with Crippen molar-refractivity contribution in [3.8, 4) is 11.5 Å². The van der Waals surface area contributed by atoms with E-state index in [1.165, 1.54) is 0 Å². The SMILES string of the molecule is C=Cc1ccc(COCc2cc(OCCCCCC(=O)O)cc(OCCCCCC(=O)O)c2)cc1. The molecule has 0 aliphatic heterocycles. The van der Waals surface area contributed by atoms with Gasteiger partial charge in [-0.15, -0.1) is 0 Å². The molecule has 0 aliphatic carbocycles. The number of carboxylic acid groups (broad SMARTS) is 2. The second kappa shape index (κ2) is 16.3. The Morgan fingerprint density at radius 2 is 1.23 bits per heavy atom. The third kappa shape index (κ3) is 12.6. The fourth-order valence-corrected chi connectivity index (χ4v) is 3.41. The number of carbonyl (C=O) groups is 2. The van der Waals surface area contributed by atoms with Crippen molar-refractivity contribution in [3.05, 3.63) is 65.7 Å². The van der Waals surface area contributed by atoms with Gasteiger partial charge in [0, 0.05) is 18.9 Å². The molecule has 0 saturated carbocycles. The lowest BCUT2D eigenvalue weighted by Crippen LogP contribution is -2.03. The maximum absolute atomic E-state index is 10.6. The molecule has 0 spiro atoms. The molecule has 2 N–H and O–H groups in total. The number of ether oxygens (including phenoxy) is 3. The van der Waals surface area contributed by atoms with E-state index in [9.17, 15) is 9.59 Å². The number of hydrogen-bond donors (Lipinski definition) is 2. The van der Waals surface area contributed by atoms with Crippen LogP contribution in [0.2, 0.25) is 0 Å². The van der Waals surface area contributed by atoms with Crippen LogP contribution in [0, 0.1) is 0 Å². The van der Waals surface area contributed by atoms with E-state index in [2.05, 4.69) is 6.58 Å². The molecule has 190 valence electrons. The van der Waals surface area contributed by atoms with Crippen molar-refractivity contribution >= 4 is 18.0 Å². The zero-order valence-electron chi connectivity index (χ0n) is 20.2. The van der Waals surface area contributed by atoms with E-state index in [1.807, 2.05) is 42.5 Å². The van der Waals surface area contributed by atoms with E-state index < -0.39 is 11.9 Å². The van der Waals surface area contributed by atoms with Crippen LogP contribution in [0.5, 0.6) is 11.5 Å². The van der Waals surface area contributed by atoms with Gasteiger partial charge >= 0.3 is 11.9 Å². The number of carboxylic acids is 2. The van der Waals surface area contributed by atoms with Crippen LogP contribution in [0.1, 0.15) is 68.1 Å². The molecule has 0 radical (unpaired) electrons. The van der Waals surface area contributed by atoms with Crippen LogP contribution in [0.4, 0.5) is 0 Å². The largest absolute Gasteiger partial charge is 0.493 e. The third-order valence-corrected chi connectivity index (χ3v) is 5.30. The summed E-state index contributed by atoms with van der Waals surface area (Å²) in [6, 6.07) is 13.7. The van der Waals surface area contributed by atoms with E-state index in [0.717, 1.165) is 42.4 Å². The van der Waals surface area contributed by atoms with Crippen LogP contribution in [0.15, 0.2) is 49.0 Å². The fourth-order valence-electron chi connectivity index (χ4n) is 3.41. The van der Waals surface area contributed by atoms with Gasteiger partial charge in [-0.2, -0.15) is 0 Å². The van der Waals surface area contributed by atoms with Crippen LogP contribution in [0.25, 0.3) is 6.08 Å². The quantitative estimate of drug-likeness (QED) is 0.232. The van der Waals surface area contributed by atoms with Gasteiger partial charge in [0.05, 0.1) is 26.4 Å². The second-order valence-corrected chi connectivity index (χ2v) is 8.36. The summed E-state index contributed by atoms with van der Waals surface area (Å²) in [5, 5.41) is 17.5. The average molecular weight is 485 g/mol. The van der Waals surface area contributed by atoms with Gasteiger partial charge in [0.15, 0.2) is 0 Å². The summed E-state index contributed by atoms with van der Waals surface area (Å²) in [7, 11) is 0. The molecule has 35 heavy (non-hydrogen) atoms. The van der Waals surface area contributed by atoms with Crippen molar-refractivity contribution < 1.29 is 34.0 Å². The molecule has 0 saturated heterocycles. The molecule has 0 aromatic heterocycles. The zero-order valence-corrected chi connectivity index (χ0v) is 20.2. The Bertz CT molecular complexity index is 877. The molecule has 0 bridgehead atoms. The van der Waals surface area contributed by atoms with Crippen molar-refractivity contribution in [2.24, 2.45) is 0 Å². The minimum Gasteiger partial charge on any atom is -0.493 e. The molecule has 0 fully saturated rings. The lowest BCUT2D eigenvalue weighted by atomic mass is 10.1. The van der Waals surface area contributed by atoms with Gasteiger partial charge in [-0.25, -0.2) is 0 Å². The number of aliphatic carboxylic acids is 2. The average Bonchev–Trinajstić information content (AvgIpc) is 2.83. The van der Waals surface area contributed by atoms with Gasteiger partial charge in [0.25, 0.3) is 0 Å². The highest BCUT2D eigenvalue weighted by molar-refractivity contribution is 5.66. The molecule has 0 aliphatic rings. The van der Waals surface area contributed by atoms with E-state index >= 15 is 0 Å². The summed E-state index contributed by atoms with van der Waals surface area (Å²) < 4.78 is 17.7.